The van der Waals surface area contributed by atoms with Gasteiger partial charge in [0.25, 0.3) is 0 Å². The van der Waals surface area contributed by atoms with Gasteiger partial charge in [-0.1, -0.05) is 20.8 Å². The van der Waals surface area contributed by atoms with E-state index in [1.807, 2.05) is 13.0 Å². The largest absolute Gasteiger partial charge is 0.496 e. The van der Waals surface area contributed by atoms with Crippen LogP contribution in [-0.2, 0) is 16.6 Å². The van der Waals surface area contributed by atoms with Gasteiger partial charge in [-0.25, -0.2) is 0 Å². The fourth-order valence-electron chi connectivity index (χ4n) is 2.53. The molecular weight excluding hydrogens is 214 g/mol. The van der Waals surface area contributed by atoms with Gasteiger partial charge in [0.1, 0.15) is 5.75 Å². The zero-order valence-corrected chi connectivity index (χ0v) is 11.1. The predicted molar refractivity (Wildman–Crippen MR) is 68.8 cm³/mol. The minimum Gasteiger partial charge on any atom is -0.496 e. The Morgan fingerprint density at radius 3 is 2.53 bits per heavy atom. The zero-order valence-electron chi connectivity index (χ0n) is 11.1. The van der Waals surface area contributed by atoms with Crippen LogP contribution in [0, 0.1) is 6.92 Å². The van der Waals surface area contributed by atoms with E-state index in [4.69, 9.17) is 4.74 Å². The van der Waals surface area contributed by atoms with Gasteiger partial charge < -0.3 is 10.1 Å². The number of ether oxygens (including phenoxy) is 1. The Morgan fingerprint density at radius 2 is 2.00 bits per heavy atom. The number of carbonyl (C=O) groups excluding carboxylic acids is 1. The quantitative estimate of drug-likeness (QED) is 0.810. The monoisotopic (exact) mass is 233 g/mol. The van der Waals surface area contributed by atoms with Crippen LogP contribution in [0.4, 0.5) is 5.69 Å². The van der Waals surface area contributed by atoms with Crippen molar-refractivity contribution in [2.75, 3.05) is 12.4 Å². The SMILES string of the molecule is COc1cc(C)c2c(c1C(C)(C)C)CC(=O)N2. The van der Waals surface area contributed by atoms with E-state index in [1.54, 1.807) is 7.11 Å². The van der Waals surface area contributed by atoms with Crippen molar-refractivity contribution < 1.29 is 9.53 Å². The van der Waals surface area contributed by atoms with Crippen LogP contribution in [0.1, 0.15) is 37.5 Å². The molecule has 0 saturated carbocycles. The molecule has 1 aromatic rings. The molecule has 92 valence electrons. The molecule has 0 spiro atoms. The normalized spacial score (nSPS) is 14.5. The molecule has 0 aliphatic carbocycles. The summed E-state index contributed by atoms with van der Waals surface area (Å²) in [6, 6.07) is 2.00. The third-order valence-corrected chi connectivity index (χ3v) is 3.16. The number of rotatable bonds is 1. The van der Waals surface area contributed by atoms with E-state index in [9.17, 15) is 4.79 Å². The molecule has 1 amide bonds. The Balaban J connectivity index is 2.73. The van der Waals surface area contributed by atoms with E-state index in [2.05, 4.69) is 26.1 Å². The highest BCUT2D eigenvalue weighted by Crippen LogP contribution is 2.42. The first-order valence-corrected chi connectivity index (χ1v) is 5.85. The number of nitrogens with one attached hydrogen (secondary N) is 1. The number of amides is 1. The molecule has 1 aromatic carbocycles. The summed E-state index contributed by atoms with van der Waals surface area (Å²) in [6.07, 6.45) is 0.458. The molecule has 3 nitrogen and oxygen atoms in total. The van der Waals surface area contributed by atoms with Crippen molar-refractivity contribution in [3.8, 4) is 5.75 Å². The number of hydrogen-bond donors (Lipinski definition) is 1. The number of aryl methyl sites for hydroxylation is 1. The Kier molecular flexibility index (Phi) is 2.64. The standard InChI is InChI=1S/C14H19NO2/c1-8-6-10(17-5)12(14(2,3)4)9-7-11(16)15-13(8)9/h6H,7H2,1-5H3,(H,15,16). The first-order valence-electron chi connectivity index (χ1n) is 5.85. The maximum absolute atomic E-state index is 11.6. The second-order valence-corrected chi connectivity index (χ2v) is 5.60. The molecule has 0 atom stereocenters. The van der Waals surface area contributed by atoms with Gasteiger partial charge in [-0.3, -0.25) is 4.79 Å². The molecule has 1 aliphatic heterocycles. The Hall–Kier alpha value is -1.51. The maximum Gasteiger partial charge on any atom is 0.228 e. The number of anilines is 1. The van der Waals surface area contributed by atoms with E-state index in [-0.39, 0.29) is 11.3 Å². The van der Waals surface area contributed by atoms with Gasteiger partial charge >= 0.3 is 0 Å². The molecule has 2 rings (SSSR count). The van der Waals surface area contributed by atoms with Crippen LogP contribution < -0.4 is 10.1 Å². The lowest BCUT2D eigenvalue weighted by Crippen LogP contribution is -2.16. The van der Waals surface area contributed by atoms with Gasteiger partial charge in [0, 0.05) is 11.3 Å². The molecular formula is C14H19NO2. The topological polar surface area (TPSA) is 38.3 Å². The van der Waals surface area contributed by atoms with E-state index >= 15 is 0 Å². The number of methoxy groups -OCH3 is 1. The van der Waals surface area contributed by atoms with Crippen molar-refractivity contribution >= 4 is 11.6 Å². The first-order chi connectivity index (χ1) is 7.84. The fourth-order valence-corrected chi connectivity index (χ4v) is 2.53. The summed E-state index contributed by atoms with van der Waals surface area (Å²) in [6.45, 7) is 8.43. The summed E-state index contributed by atoms with van der Waals surface area (Å²) in [4.78, 5) is 11.6. The number of carbonyl (C=O) groups is 1. The van der Waals surface area contributed by atoms with Crippen LogP contribution >= 0.6 is 0 Å². The van der Waals surface area contributed by atoms with Crippen LogP contribution in [0.3, 0.4) is 0 Å². The average Bonchev–Trinajstić information content (AvgIpc) is 2.57. The number of hydrogen-bond acceptors (Lipinski definition) is 2. The lowest BCUT2D eigenvalue weighted by molar-refractivity contribution is -0.115. The summed E-state index contributed by atoms with van der Waals surface area (Å²) < 4.78 is 5.47. The minimum absolute atomic E-state index is 0.0323. The molecule has 0 radical (unpaired) electrons. The first kappa shape index (κ1) is 12.0. The molecule has 3 heteroatoms. The molecule has 1 aliphatic rings. The van der Waals surface area contributed by atoms with Crippen molar-refractivity contribution in [3.05, 3.63) is 22.8 Å². The third-order valence-electron chi connectivity index (χ3n) is 3.16. The van der Waals surface area contributed by atoms with Gasteiger partial charge in [0.15, 0.2) is 0 Å². The Labute approximate surface area is 102 Å². The third kappa shape index (κ3) is 1.90. The van der Waals surface area contributed by atoms with Crippen molar-refractivity contribution in [1.82, 2.24) is 0 Å². The lowest BCUT2D eigenvalue weighted by atomic mass is 9.81. The summed E-state index contributed by atoms with van der Waals surface area (Å²) in [5.74, 6) is 0.951. The maximum atomic E-state index is 11.6. The van der Waals surface area contributed by atoms with E-state index in [0.29, 0.717) is 6.42 Å². The van der Waals surface area contributed by atoms with Crippen LogP contribution in [0.15, 0.2) is 6.07 Å². The highest BCUT2D eigenvalue weighted by atomic mass is 16.5. The molecule has 1 heterocycles. The van der Waals surface area contributed by atoms with E-state index < -0.39 is 0 Å². The Bertz CT molecular complexity index is 484. The zero-order chi connectivity index (χ0) is 12.8. The summed E-state index contributed by atoms with van der Waals surface area (Å²) in [5, 5.41) is 2.93. The molecule has 0 unspecified atom stereocenters. The molecule has 17 heavy (non-hydrogen) atoms. The van der Waals surface area contributed by atoms with Crippen molar-refractivity contribution in [1.29, 1.82) is 0 Å². The van der Waals surface area contributed by atoms with Gasteiger partial charge in [0.2, 0.25) is 5.91 Å². The molecule has 0 saturated heterocycles. The van der Waals surface area contributed by atoms with Gasteiger partial charge in [-0.2, -0.15) is 0 Å². The van der Waals surface area contributed by atoms with E-state index in [0.717, 1.165) is 28.1 Å². The molecule has 0 aromatic heterocycles. The summed E-state index contributed by atoms with van der Waals surface area (Å²) >= 11 is 0. The molecule has 0 bridgehead atoms. The van der Waals surface area contributed by atoms with Gasteiger partial charge in [-0.15, -0.1) is 0 Å². The smallest absolute Gasteiger partial charge is 0.228 e. The van der Waals surface area contributed by atoms with Crippen LogP contribution in [0.5, 0.6) is 5.75 Å². The molecule has 1 N–H and O–H groups in total. The lowest BCUT2D eigenvalue weighted by Gasteiger charge is -2.25. The fraction of sp³-hybridized carbons (Fsp3) is 0.500. The summed E-state index contributed by atoms with van der Waals surface area (Å²) in [7, 11) is 1.68. The highest BCUT2D eigenvalue weighted by Gasteiger charge is 2.31. The van der Waals surface area contributed by atoms with Crippen molar-refractivity contribution in [2.45, 2.75) is 39.5 Å². The minimum atomic E-state index is -0.0323. The van der Waals surface area contributed by atoms with Gasteiger partial charge in [0.05, 0.1) is 13.5 Å². The Morgan fingerprint density at radius 1 is 1.35 bits per heavy atom. The summed E-state index contributed by atoms with van der Waals surface area (Å²) in [5.41, 5.74) is 4.24. The highest BCUT2D eigenvalue weighted by molar-refractivity contribution is 6.01. The average molecular weight is 233 g/mol. The van der Waals surface area contributed by atoms with Gasteiger partial charge in [-0.05, 0) is 29.5 Å². The second-order valence-electron chi connectivity index (χ2n) is 5.60. The predicted octanol–water partition coefficient (Wildman–Crippen LogP) is 2.80. The van der Waals surface area contributed by atoms with Crippen molar-refractivity contribution in [3.63, 3.8) is 0 Å². The van der Waals surface area contributed by atoms with Crippen molar-refractivity contribution in [2.24, 2.45) is 0 Å². The van der Waals surface area contributed by atoms with Crippen LogP contribution in [0.25, 0.3) is 0 Å². The van der Waals surface area contributed by atoms with Crippen LogP contribution in [-0.4, -0.2) is 13.0 Å². The number of fused-ring (bicyclic) bond motifs is 1. The molecule has 0 fully saturated rings. The number of benzene rings is 1. The van der Waals surface area contributed by atoms with Crippen LogP contribution in [0.2, 0.25) is 0 Å². The van der Waals surface area contributed by atoms with E-state index in [1.165, 1.54) is 0 Å². The second kappa shape index (κ2) is 3.76.